The van der Waals surface area contributed by atoms with Crippen LogP contribution in [0.1, 0.15) is 33.6 Å². The normalized spacial score (nSPS) is 37.3. The SMILES string of the molecule is C[C@H]1C[C@@H](O)CC(C)(C)C1=O. The van der Waals surface area contributed by atoms with Gasteiger partial charge in [-0.3, -0.25) is 4.79 Å². The molecule has 1 fully saturated rings. The van der Waals surface area contributed by atoms with Crippen molar-refractivity contribution in [1.29, 1.82) is 0 Å². The third-order valence-corrected chi connectivity index (χ3v) is 2.49. The zero-order valence-electron chi connectivity index (χ0n) is 7.42. The topological polar surface area (TPSA) is 37.3 Å². The number of hydrogen-bond donors (Lipinski definition) is 1. The molecule has 0 radical (unpaired) electrons. The molecule has 1 N–H and O–H groups in total. The molecule has 2 atom stereocenters. The molecule has 1 aliphatic rings. The van der Waals surface area contributed by atoms with Gasteiger partial charge in [-0.2, -0.15) is 0 Å². The minimum Gasteiger partial charge on any atom is -0.393 e. The fraction of sp³-hybridized carbons (Fsp3) is 0.889. The Morgan fingerprint density at radius 1 is 1.55 bits per heavy atom. The molecule has 0 unspecified atom stereocenters. The summed E-state index contributed by atoms with van der Waals surface area (Å²) >= 11 is 0. The summed E-state index contributed by atoms with van der Waals surface area (Å²) in [5, 5.41) is 9.38. The van der Waals surface area contributed by atoms with Gasteiger partial charge < -0.3 is 5.11 Å². The number of carbonyl (C=O) groups excluding carboxylic acids is 1. The molecule has 2 heteroatoms. The van der Waals surface area contributed by atoms with Gasteiger partial charge in [0.05, 0.1) is 6.10 Å². The first-order valence-electron chi connectivity index (χ1n) is 4.16. The molecule has 0 saturated heterocycles. The lowest BCUT2D eigenvalue weighted by Crippen LogP contribution is -2.40. The molecule has 1 saturated carbocycles. The molecule has 0 bridgehead atoms. The molecule has 0 spiro atoms. The van der Waals surface area contributed by atoms with E-state index < -0.39 is 0 Å². The van der Waals surface area contributed by atoms with E-state index in [0.29, 0.717) is 18.6 Å². The van der Waals surface area contributed by atoms with Crippen molar-refractivity contribution in [3.05, 3.63) is 0 Å². The Kier molecular flexibility index (Phi) is 2.06. The molecule has 2 nitrogen and oxygen atoms in total. The van der Waals surface area contributed by atoms with Gasteiger partial charge in [-0.25, -0.2) is 0 Å². The lowest BCUT2D eigenvalue weighted by atomic mass is 9.70. The first kappa shape index (κ1) is 8.72. The maximum absolute atomic E-state index is 11.5. The molecule has 0 heterocycles. The first-order chi connectivity index (χ1) is 4.93. The third-order valence-electron chi connectivity index (χ3n) is 2.49. The molecule has 0 aromatic rings. The maximum Gasteiger partial charge on any atom is 0.141 e. The molecule has 0 aromatic heterocycles. The van der Waals surface area contributed by atoms with Crippen LogP contribution in [0.3, 0.4) is 0 Å². The van der Waals surface area contributed by atoms with Crippen molar-refractivity contribution in [1.82, 2.24) is 0 Å². The second kappa shape index (κ2) is 2.59. The molecular formula is C9H16O2. The summed E-state index contributed by atoms with van der Waals surface area (Å²) in [6.45, 7) is 5.72. The minimum absolute atomic E-state index is 0.0359. The van der Waals surface area contributed by atoms with Gasteiger partial charge in [0.2, 0.25) is 0 Å². The summed E-state index contributed by atoms with van der Waals surface area (Å²) in [4.78, 5) is 11.5. The third kappa shape index (κ3) is 1.62. The predicted molar refractivity (Wildman–Crippen MR) is 43.2 cm³/mol. The van der Waals surface area contributed by atoms with Crippen LogP contribution in [0.15, 0.2) is 0 Å². The number of hydrogen-bond acceptors (Lipinski definition) is 2. The van der Waals surface area contributed by atoms with Crippen LogP contribution in [0.5, 0.6) is 0 Å². The molecule has 1 aliphatic carbocycles. The molecule has 0 aliphatic heterocycles. The summed E-state index contributed by atoms with van der Waals surface area (Å²) in [7, 11) is 0. The quantitative estimate of drug-likeness (QED) is 0.575. The summed E-state index contributed by atoms with van der Waals surface area (Å²) in [6, 6.07) is 0. The van der Waals surface area contributed by atoms with Crippen LogP contribution in [0.25, 0.3) is 0 Å². The summed E-state index contributed by atoms with van der Waals surface area (Å²) in [6.07, 6.45) is 0.982. The second-order valence-corrected chi connectivity index (χ2v) is 4.24. The first-order valence-corrected chi connectivity index (χ1v) is 4.16. The zero-order chi connectivity index (χ0) is 8.65. The molecular weight excluding hydrogens is 140 g/mol. The summed E-state index contributed by atoms with van der Waals surface area (Å²) in [5.41, 5.74) is -0.308. The van der Waals surface area contributed by atoms with E-state index in [0.717, 1.165) is 0 Å². The van der Waals surface area contributed by atoms with Gasteiger partial charge >= 0.3 is 0 Å². The van der Waals surface area contributed by atoms with E-state index >= 15 is 0 Å². The minimum atomic E-state index is -0.308. The van der Waals surface area contributed by atoms with Crippen molar-refractivity contribution >= 4 is 5.78 Å². The van der Waals surface area contributed by atoms with E-state index in [1.807, 2.05) is 20.8 Å². The highest BCUT2D eigenvalue weighted by Gasteiger charge is 2.38. The number of carbonyl (C=O) groups is 1. The molecule has 64 valence electrons. The van der Waals surface area contributed by atoms with Crippen molar-refractivity contribution in [3.63, 3.8) is 0 Å². The van der Waals surface area contributed by atoms with E-state index in [1.54, 1.807) is 0 Å². The largest absolute Gasteiger partial charge is 0.393 e. The Bertz CT molecular complexity index is 172. The average Bonchev–Trinajstić information content (AvgIpc) is 1.81. The zero-order valence-corrected chi connectivity index (χ0v) is 7.42. The van der Waals surface area contributed by atoms with Crippen molar-refractivity contribution in [3.8, 4) is 0 Å². The Balaban J connectivity index is 2.75. The Morgan fingerprint density at radius 2 is 2.09 bits per heavy atom. The van der Waals surface area contributed by atoms with E-state index in [1.165, 1.54) is 0 Å². The monoisotopic (exact) mass is 156 g/mol. The highest BCUT2D eigenvalue weighted by molar-refractivity contribution is 5.86. The van der Waals surface area contributed by atoms with Crippen molar-refractivity contribution in [2.45, 2.75) is 39.7 Å². The number of aliphatic hydroxyl groups is 1. The van der Waals surface area contributed by atoms with Gasteiger partial charge in [0.15, 0.2) is 0 Å². The Morgan fingerprint density at radius 3 is 2.55 bits per heavy atom. The van der Waals surface area contributed by atoms with Gasteiger partial charge in [-0.05, 0) is 12.8 Å². The maximum atomic E-state index is 11.5. The highest BCUT2D eigenvalue weighted by Crippen LogP contribution is 2.35. The fourth-order valence-electron chi connectivity index (χ4n) is 1.96. The van der Waals surface area contributed by atoms with E-state index in [-0.39, 0.29) is 17.4 Å². The number of aliphatic hydroxyl groups excluding tert-OH is 1. The molecule has 0 aromatic carbocycles. The highest BCUT2D eigenvalue weighted by atomic mass is 16.3. The summed E-state index contributed by atoms with van der Waals surface area (Å²) < 4.78 is 0. The van der Waals surface area contributed by atoms with Gasteiger partial charge in [0.1, 0.15) is 5.78 Å². The standard InChI is InChI=1S/C9H16O2/c1-6-4-7(10)5-9(2,3)8(6)11/h6-7,10H,4-5H2,1-3H3/t6-,7+/m0/s1. The van der Waals surface area contributed by atoms with Crippen LogP contribution >= 0.6 is 0 Å². The lowest BCUT2D eigenvalue weighted by molar-refractivity contribution is -0.137. The Hall–Kier alpha value is -0.370. The van der Waals surface area contributed by atoms with Gasteiger partial charge in [-0.1, -0.05) is 20.8 Å². The fourth-order valence-corrected chi connectivity index (χ4v) is 1.96. The number of Topliss-reactive ketones (excluding diaryl/α,β-unsaturated/α-hetero) is 1. The molecule has 1 rings (SSSR count). The number of ketones is 1. The van der Waals surface area contributed by atoms with Gasteiger partial charge in [-0.15, -0.1) is 0 Å². The van der Waals surface area contributed by atoms with E-state index in [9.17, 15) is 9.90 Å². The van der Waals surface area contributed by atoms with Crippen LogP contribution < -0.4 is 0 Å². The lowest BCUT2D eigenvalue weighted by Gasteiger charge is -2.34. The van der Waals surface area contributed by atoms with Gasteiger partial charge in [0, 0.05) is 11.3 Å². The Labute approximate surface area is 67.6 Å². The van der Waals surface area contributed by atoms with Crippen LogP contribution in [-0.2, 0) is 4.79 Å². The van der Waals surface area contributed by atoms with Gasteiger partial charge in [0.25, 0.3) is 0 Å². The smallest absolute Gasteiger partial charge is 0.141 e. The number of rotatable bonds is 0. The molecule has 11 heavy (non-hydrogen) atoms. The van der Waals surface area contributed by atoms with Crippen molar-refractivity contribution in [2.75, 3.05) is 0 Å². The van der Waals surface area contributed by atoms with Crippen LogP contribution in [0.2, 0.25) is 0 Å². The predicted octanol–water partition coefficient (Wildman–Crippen LogP) is 1.37. The van der Waals surface area contributed by atoms with E-state index in [2.05, 4.69) is 0 Å². The van der Waals surface area contributed by atoms with Crippen LogP contribution in [0, 0.1) is 11.3 Å². The summed E-state index contributed by atoms with van der Waals surface area (Å²) in [5.74, 6) is 0.330. The van der Waals surface area contributed by atoms with E-state index in [4.69, 9.17) is 0 Å². The molecule has 0 amide bonds. The van der Waals surface area contributed by atoms with Crippen LogP contribution in [0.4, 0.5) is 0 Å². The van der Waals surface area contributed by atoms with Crippen molar-refractivity contribution < 1.29 is 9.90 Å². The second-order valence-electron chi connectivity index (χ2n) is 4.24. The average molecular weight is 156 g/mol. The van der Waals surface area contributed by atoms with Crippen molar-refractivity contribution in [2.24, 2.45) is 11.3 Å². The van der Waals surface area contributed by atoms with Crippen LogP contribution in [-0.4, -0.2) is 17.0 Å².